The Morgan fingerprint density at radius 1 is 1.18 bits per heavy atom. The second-order valence-electron chi connectivity index (χ2n) is 5.99. The largest absolute Gasteiger partial charge is 0.504 e. The van der Waals surface area contributed by atoms with Crippen molar-refractivity contribution in [2.24, 2.45) is 4.99 Å². The lowest BCUT2D eigenvalue weighted by Gasteiger charge is -2.06. The number of ether oxygens (including phenoxy) is 1. The average Bonchev–Trinajstić information content (AvgIpc) is 3.11. The molecule has 5 nitrogen and oxygen atoms in total. The zero-order chi connectivity index (χ0) is 19.7. The van der Waals surface area contributed by atoms with E-state index in [0.29, 0.717) is 39.0 Å². The molecule has 0 saturated carbocycles. The molecule has 0 radical (unpaired) electrons. The van der Waals surface area contributed by atoms with Crippen molar-refractivity contribution in [1.29, 1.82) is 0 Å². The maximum absolute atomic E-state index is 10.3. The van der Waals surface area contributed by atoms with E-state index in [-0.39, 0.29) is 5.75 Å². The summed E-state index contributed by atoms with van der Waals surface area (Å²) >= 11 is 9.41. The number of fused-ring (bicyclic) bond motifs is 1. The van der Waals surface area contributed by atoms with Gasteiger partial charge in [-0.25, -0.2) is 4.98 Å². The maximum Gasteiger partial charge on any atom is 0.227 e. The van der Waals surface area contributed by atoms with Crippen LogP contribution < -0.4 is 4.74 Å². The Hall–Kier alpha value is -2.83. The van der Waals surface area contributed by atoms with E-state index in [4.69, 9.17) is 20.8 Å². The predicted molar refractivity (Wildman–Crippen MR) is 114 cm³/mol. The normalized spacial score (nSPS) is 11.4. The van der Waals surface area contributed by atoms with Gasteiger partial charge in [-0.1, -0.05) is 33.6 Å². The van der Waals surface area contributed by atoms with Gasteiger partial charge in [-0.2, -0.15) is 0 Å². The van der Waals surface area contributed by atoms with Crippen molar-refractivity contribution in [2.75, 3.05) is 7.11 Å². The SMILES string of the molecule is COc1cc(Br)cc(C=Nc2cccc(-c3nc4cc(Cl)ccc4o3)c2)c1O. The van der Waals surface area contributed by atoms with Crippen molar-refractivity contribution in [3.8, 4) is 23.0 Å². The molecule has 0 aliphatic rings. The van der Waals surface area contributed by atoms with Crippen molar-refractivity contribution < 1.29 is 14.3 Å². The highest BCUT2D eigenvalue weighted by molar-refractivity contribution is 9.10. The molecule has 0 fully saturated rings. The van der Waals surface area contributed by atoms with Gasteiger partial charge in [0.25, 0.3) is 0 Å². The van der Waals surface area contributed by atoms with Gasteiger partial charge in [-0.15, -0.1) is 0 Å². The number of hydrogen-bond donors (Lipinski definition) is 1. The molecule has 1 aromatic heterocycles. The Kier molecular flexibility index (Phi) is 5.07. The topological polar surface area (TPSA) is 67.9 Å². The summed E-state index contributed by atoms with van der Waals surface area (Å²) in [6, 6.07) is 16.2. The van der Waals surface area contributed by atoms with Crippen LogP contribution in [0.4, 0.5) is 5.69 Å². The average molecular weight is 458 g/mol. The van der Waals surface area contributed by atoms with Crippen LogP contribution >= 0.6 is 27.5 Å². The van der Waals surface area contributed by atoms with Crippen molar-refractivity contribution >= 4 is 50.5 Å². The van der Waals surface area contributed by atoms with Crippen molar-refractivity contribution in [3.63, 3.8) is 0 Å². The highest BCUT2D eigenvalue weighted by Crippen LogP contribution is 2.33. The maximum atomic E-state index is 10.3. The minimum atomic E-state index is 0.0291. The Balaban J connectivity index is 1.67. The third kappa shape index (κ3) is 3.74. The number of hydrogen-bond acceptors (Lipinski definition) is 5. The summed E-state index contributed by atoms with van der Waals surface area (Å²) in [4.78, 5) is 8.94. The summed E-state index contributed by atoms with van der Waals surface area (Å²) in [5.41, 5.74) is 3.38. The quantitative estimate of drug-likeness (QED) is 0.361. The van der Waals surface area contributed by atoms with Gasteiger partial charge in [0.2, 0.25) is 5.89 Å². The minimum Gasteiger partial charge on any atom is -0.504 e. The fraction of sp³-hybridized carbons (Fsp3) is 0.0476. The Morgan fingerprint density at radius 2 is 2.04 bits per heavy atom. The molecule has 1 N–H and O–H groups in total. The molecule has 4 aromatic rings. The number of benzene rings is 3. The third-order valence-electron chi connectivity index (χ3n) is 4.08. The molecular weight excluding hydrogens is 444 g/mol. The zero-order valence-electron chi connectivity index (χ0n) is 14.7. The fourth-order valence-electron chi connectivity index (χ4n) is 2.74. The second-order valence-corrected chi connectivity index (χ2v) is 7.34. The van der Waals surface area contributed by atoms with E-state index in [1.165, 1.54) is 7.11 Å². The van der Waals surface area contributed by atoms with Crippen molar-refractivity contribution in [1.82, 2.24) is 4.98 Å². The predicted octanol–water partition coefficient (Wildman–Crippen LogP) is 6.38. The first kappa shape index (κ1) is 18.5. The number of rotatable bonds is 4. The number of methoxy groups -OCH3 is 1. The first-order valence-electron chi connectivity index (χ1n) is 8.30. The molecule has 7 heteroatoms. The summed E-state index contributed by atoms with van der Waals surface area (Å²) < 4.78 is 11.7. The molecule has 0 amide bonds. The molecule has 3 aromatic carbocycles. The number of phenols is 1. The van der Waals surface area contributed by atoms with Crippen LogP contribution in [-0.4, -0.2) is 23.4 Å². The van der Waals surface area contributed by atoms with Crippen molar-refractivity contribution in [3.05, 3.63) is 69.7 Å². The number of aromatic nitrogens is 1. The summed E-state index contributed by atoms with van der Waals surface area (Å²) in [7, 11) is 1.50. The molecule has 28 heavy (non-hydrogen) atoms. The van der Waals surface area contributed by atoms with E-state index in [9.17, 15) is 5.11 Å². The first-order valence-corrected chi connectivity index (χ1v) is 9.47. The van der Waals surface area contributed by atoms with Crippen LogP contribution in [0.5, 0.6) is 11.5 Å². The fourth-order valence-corrected chi connectivity index (χ4v) is 3.36. The Labute approximate surface area is 174 Å². The zero-order valence-corrected chi connectivity index (χ0v) is 17.0. The molecule has 0 atom stereocenters. The Morgan fingerprint density at radius 3 is 2.86 bits per heavy atom. The van der Waals surface area contributed by atoms with E-state index in [2.05, 4.69) is 25.9 Å². The lowest BCUT2D eigenvalue weighted by atomic mass is 10.2. The van der Waals surface area contributed by atoms with Gasteiger partial charge in [0, 0.05) is 26.8 Å². The molecule has 0 aliphatic heterocycles. The van der Waals surface area contributed by atoms with Crippen LogP contribution in [0.1, 0.15) is 5.56 Å². The molecular formula is C21H14BrClN2O3. The van der Waals surface area contributed by atoms with Gasteiger partial charge >= 0.3 is 0 Å². The van der Waals surface area contributed by atoms with Crippen LogP contribution in [0.15, 0.2) is 68.5 Å². The van der Waals surface area contributed by atoms with E-state index >= 15 is 0 Å². The lowest BCUT2D eigenvalue weighted by Crippen LogP contribution is -1.89. The molecule has 1 heterocycles. The van der Waals surface area contributed by atoms with Gasteiger partial charge in [0.05, 0.1) is 12.8 Å². The van der Waals surface area contributed by atoms with Crippen LogP contribution in [0.2, 0.25) is 5.02 Å². The second kappa shape index (κ2) is 7.66. The van der Waals surface area contributed by atoms with Gasteiger partial charge in [0.15, 0.2) is 17.1 Å². The third-order valence-corrected chi connectivity index (χ3v) is 4.78. The van der Waals surface area contributed by atoms with Gasteiger partial charge in [0.1, 0.15) is 5.52 Å². The Bertz CT molecular complexity index is 1200. The monoisotopic (exact) mass is 456 g/mol. The number of aromatic hydroxyl groups is 1. The lowest BCUT2D eigenvalue weighted by molar-refractivity contribution is 0.373. The number of phenolic OH excluding ortho intramolecular Hbond substituents is 1. The van der Waals surface area contributed by atoms with Crippen LogP contribution in [0.25, 0.3) is 22.6 Å². The number of nitrogens with zero attached hydrogens (tertiary/aromatic N) is 2. The van der Waals surface area contributed by atoms with E-state index in [1.54, 1.807) is 36.5 Å². The molecule has 0 bridgehead atoms. The highest BCUT2D eigenvalue weighted by Gasteiger charge is 2.10. The first-order chi connectivity index (χ1) is 13.5. The summed E-state index contributed by atoms with van der Waals surface area (Å²) in [6.45, 7) is 0. The molecule has 0 saturated heterocycles. The number of halogens is 2. The summed E-state index contributed by atoms with van der Waals surface area (Å²) in [5, 5.41) is 10.9. The molecule has 4 rings (SSSR count). The minimum absolute atomic E-state index is 0.0291. The van der Waals surface area contributed by atoms with E-state index in [0.717, 1.165) is 10.0 Å². The van der Waals surface area contributed by atoms with Crippen LogP contribution in [0, 0.1) is 0 Å². The van der Waals surface area contributed by atoms with Gasteiger partial charge in [-0.3, -0.25) is 4.99 Å². The number of aliphatic imine (C=N–C) groups is 1. The highest BCUT2D eigenvalue weighted by atomic mass is 79.9. The molecule has 0 aliphatic carbocycles. The van der Waals surface area contributed by atoms with Gasteiger partial charge in [-0.05, 0) is 48.5 Å². The van der Waals surface area contributed by atoms with Crippen LogP contribution in [-0.2, 0) is 0 Å². The van der Waals surface area contributed by atoms with E-state index < -0.39 is 0 Å². The standard InChI is InChI=1S/C21H14BrClN2O3/c1-27-19-9-14(22)7-13(20(19)26)11-24-16-4-2-3-12(8-16)21-25-17-10-15(23)5-6-18(17)28-21/h2-11,26H,1H3. The molecule has 0 spiro atoms. The molecule has 140 valence electrons. The van der Waals surface area contributed by atoms with Crippen LogP contribution in [0.3, 0.4) is 0 Å². The summed E-state index contributed by atoms with van der Waals surface area (Å²) in [5.74, 6) is 0.887. The summed E-state index contributed by atoms with van der Waals surface area (Å²) in [6.07, 6.45) is 1.58. The van der Waals surface area contributed by atoms with Gasteiger partial charge < -0.3 is 14.3 Å². The smallest absolute Gasteiger partial charge is 0.227 e. The van der Waals surface area contributed by atoms with E-state index in [1.807, 2.05) is 24.3 Å². The number of oxazole rings is 1. The molecule has 0 unspecified atom stereocenters. The van der Waals surface area contributed by atoms with Crippen molar-refractivity contribution in [2.45, 2.75) is 0 Å².